The van der Waals surface area contributed by atoms with Gasteiger partial charge in [-0.3, -0.25) is 9.78 Å². The molecule has 5 rings (SSSR count). The van der Waals surface area contributed by atoms with Crippen LogP contribution < -0.4 is 9.80 Å². The van der Waals surface area contributed by atoms with Gasteiger partial charge < -0.3 is 19.4 Å². The molecule has 0 N–H and O–H groups in total. The van der Waals surface area contributed by atoms with Gasteiger partial charge in [-0.2, -0.15) is 0 Å². The molecule has 2 aromatic rings. The smallest absolute Gasteiger partial charge is 0.230 e. The average Bonchev–Trinajstić information content (AvgIpc) is 2.87. The van der Waals surface area contributed by atoms with Crippen molar-refractivity contribution in [2.45, 2.75) is 44.4 Å². The van der Waals surface area contributed by atoms with Crippen LogP contribution in [0, 0.1) is 5.92 Å². The SMILES string of the molecule is CN1CCN(c2cccnc2CC2CCCN(c3ccc(C4(C)CCOCC4)cc3)C2=O)CC1. The Morgan fingerprint density at radius 2 is 1.76 bits per heavy atom. The fourth-order valence-electron chi connectivity index (χ4n) is 5.71. The second-order valence-corrected chi connectivity index (χ2v) is 10.5. The zero-order chi connectivity index (χ0) is 23.5. The van der Waals surface area contributed by atoms with E-state index in [9.17, 15) is 4.79 Å². The molecule has 1 amide bonds. The van der Waals surface area contributed by atoms with Crippen molar-refractivity contribution in [2.75, 3.05) is 62.8 Å². The molecular formula is C28H38N4O2. The number of ether oxygens (including phenoxy) is 1. The number of hydrogen-bond acceptors (Lipinski definition) is 5. The van der Waals surface area contributed by atoms with Gasteiger partial charge in [-0.05, 0) is 68.0 Å². The summed E-state index contributed by atoms with van der Waals surface area (Å²) < 4.78 is 5.57. The van der Waals surface area contributed by atoms with Crippen LogP contribution in [0.1, 0.15) is 43.9 Å². The van der Waals surface area contributed by atoms with Crippen molar-refractivity contribution in [2.24, 2.45) is 5.92 Å². The molecule has 182 valence electrons. The van der Waals surface area contributed by atoms with Gasteiger partial charge in [0.2, 0.25) is 5.91 Å². The molecule has 3 saturated heterocycles. The summed E-state index contributed by atoms with van der Waals surface area (Å²) in [6, 6.07) is 12.9. The summed E-state index contributed by atoms with van der Waals surface area (Å²) in [7, 11) is 2.17. The Bertz CT molecular complexity index is 978. The summed E-state index contributed by atoms with van der Waals surface area (Å²) in [5.41, 5.74) is 4.81. The highest BCUT2D eigenvalue weighted by Crippen LogP contribution is 2.36. The normalized spacial score (nSPS) is 23.8. The number of piperazine rings is 1. The molecule has 6 heteroatoms. The zero-order valence-electron chi connectivity index (χ0n) is 20.7. The van der Waals surface area contributed by atoms with Crippen LogP contribution in [-0.2, 0) is 21.4 Å². The van der Waals surface area contributed by atoms with Crippen LogP contribution in [0.25, 0.3) is 0 Å². The van der Waals surface area contributed by atoms with Crippen LogP contribution in [0.5, 0.6) is 0 Å². The summed E-state index contributed by atoms with van der Waals surface area (Å²) >= 11 is 0. The maximum absolute atomic E-state index is 13.6. The van der Waals surface area contributed by atoms with E-state index in [2.05, 4.69) is 54.1 Å². The molecule has 0 spiro atoms. The number of carbonyl (C=O) groups excluding carboxylic acids is 1. The van der Waals surface area contributed by atoms with E-state index < -0.39 is 0 Å². The van der Waals surface area contributed by atoms with E-state index in [1.165, 1.54) is 11.3 Å². The monoisotopic (exact) mass is 462 g/mol. The first-order chi connectivity index (χ1) is 16.5. The molecule has 3 aliphatic heterocycles. The lowest BCUT2D eigenvalue weighted by Gasteiger charge is -2.36. The number of hydrogen-bond donors (Lipinski definition) is 0. The van der Waals surface area contributed by atoms with E-state index in [1.807, 2.05) is 17.2 Å². The number of rotatable bonds is 5. The summed E-state index contributed by atoms with van der Waals surface area (Å²) in [6.07, 6.45) is 6.66. The standard InChI is InChI=1S/C28H38N4O2/c1-28(11-19-34-20-12-28)23-7-9-24(10-8-23)32-14-4-5-22(27(32)33)21-25-26(6-3-13-29-25)31-17-15-30(2)16-18-31/h3,6-10,13,22H,4-5,11-12,14-21H2,1-2H3. The first-order valence-corrected chi connectivity index (χ1v) is 12.9. The van der Waals surface area contributed by atoms with Crippen LogP contribution in [0.15, 0.2) is 42.6 Å². The number of pyridine rings is 1. The molecule has 34 heavy (non-hydrogen) atoms. The number of aromatic nitrogens is 1. The minimum absolute atomic E-state index is 0.0115. The predicted octanol–water partition coefficient (Wildman–Crippen LogP) is 3.89. The highest BCUT2D eigenvalue weighted by atomic mass is 16.5. The van der Waals surface area contributed by atoms with E-state index in [0.717, 1.165) is 83.0 Å². The third-order valence-corrected chi connectivity index (χ3v) is 8.17. The topological polar surface area (TPSA) is 48.9 Å². The van der Waals surface area contributed by atoms with Crippen LogP contribution in [-0.4, -0.2) is 68.8 Å². The Labute approximate surface area is 203 Å². The minimum Gasteiger partial charge on any atom is -0.381 e. The van der Waals surface area contributed by atoms with Crippen molar-refractivity contribution in [1.29, 1.82) is 0 Å². The molecule has 1 unspecified atom stereocenters. The van der Waals surface area contributed by atoms with Crippen molar-refractivity contribution in [3.63, 3.8) is 0 Å². The third kappa shape index (κ3) is 4.84. The number of benzene rings is 1. The number of carbonyl (C=O) groups is 1. The lowest BCUT2D eigenvalue weighted by molar-refractivity contribution is -0.123. The number of amides is 1. The van der Waals surface area contributed by atoms with Crippen LogP contribution >= 0.6 is 0 Å². The fraction of sp³-hybridized carbons (Fsp3) is 0.571. The maximum Gasteiger partial charge on any atom is 0.230 e. The van der Waals surface area contributed by atoms with Gasteiger partial charge in [-0.1, -0.05) is 19.1 Å². The second-order valence-electron chi connectivity index (χ2n) is 10.5. The Hall–Kier alpha value is -2.44. The van der Waals surface area contributed by atoms with E-state index in [4.69, 9.17) is 9.72 Å². The van der Waals surface area contributed by atoms with Gasteiger partial charge in [-0.25, -0.2) is 0 Å². The van der Waals surface area contributed by atoms with Crippen molar-refractivity contribution < 1.29 is 9.53 Å². The molecule has 3 fully saturated rings. The van der Waals surface area contributed by atoms with Crippen molar-refractivity contribution in [1.82, 2.24) is 9.88 Å². The molecular weight excluding hydrogens is 424 g/mol. The van der Waals surface area contributed by atoms with E-state index in [0.29, 0.717) is 6.42 Å². The molecule has 3 aliphatic rings. The van der Waals surface area contributed by atoms with Crippen LogP contribution in [0.3, 0.4) is 0 Å². The van der Waals surface area contributed by atoms with Crippen molar-refractivity contribution >= 4 is 17.3 Å². The summed E-state index contributed by atoms with van der Waals surface area (Å²) in [4.78, 5) is 25.1. The van der Waals surface area contributed by atoms with Gasteiger partial charge in [0.1, 0.15) is 0 Å². The van der Waals surface area contributed by atoms with Gasteiger partial charge in [0, 0.05) is 70.2 Å². The Morgan fingerprint density at radius 1 is 1.03 bits per heavy atom. The van der Waals surface area contributed by atoms with Crippen molar-refractivity contribution in [3.8, 4) is 0 Å². The lowest BCUT2D eigenvalue weighted by Crippen LogP contribution is -2.45. The Kier molecular flexibility index (Phi) is 6.89. The van der Waals surface area contributed by atoms with Crippen LogP contribution in [0.2, 0.25) is 0 Å². The lowest BCUT2D eigenvalue weighted by atomic mass is 9.76. The van der Waals surface area contributed by atoms with Gasteiger partial charge in [-0.15, -0.1) is 0 Å². The molecule has 0 bridgehead atoms. The Morgan fingerprint density at radius 3 is 2.50 bits per heavy atom. The first-order valence-electron chi connectivity index (χ1n) is 12.9. The fourth-order valence-corrected chi connectivity index (χ4v) is 5.71. The van der Waals surface area contributed by atoms with Gasteiger partial charge in [0.15, 0.2) is 0 Å². The summed E-state index contributed by atoms with van der Waals surface area (Å²) in [5.74, 6) is 0.230. The number of piperidine rings is 1. The number of nitrogens with zero attached hydrogens (tertiary/aromatic N) is 4. The molecule has 1 aromatic heterocycles. The quantitative estimate of drug-likeness (QED) is 0.675. The van der Waals surface area contributed by atoms with E-state index >= 15 is 0 Å². The zero-order valence-corrected chi connectivity index (χ0v) is 20.7. The van der Waals surface area contributed by atoms with Crippen LogP contribution in [0.4, 0.5) is 11.4 Å². The van der Waals surface area contributed by atoms with Gasteiger partial charge in [0.25, 0.3) is 0 Å². The third-order valence-electron chi connectivity index (χ3n) is 8.17. The summed E-state index contributed by atoms with van der Waals surface area (Å²) in [5, 5.41) is 0. The minimum atomic E-state index is -0.0115. The molecule has 0 radical (unpaired) electrons. The molecule has 6 nitrogen and oxygen atoms in total. The van der Waals surface area contributed by atoms with Gasteiger partial charge >= 0.3 is 0 Å². The molecule has 0 aliphatic carbocycles. The molecule has 1 aromatic carbocycles. The van der Waals surface area contributed by atoms with E-state index in [-0.39, 0.29) is 17.2 Å². The second kappa shape index (κ2) is 10.0. The Balaban J connectivity index is 1.29. The largest absolute Gasteiger partial charge is 0.381 e. The predicted molar refractivity (Wildman–Crippen MR) is 137 cm³/mol. The molecule has 1 atom stereocenters. The summed E-state index contributed by atoms with van der Waals surface area (Å²) in [6.45, 7) is 8.93. The highest BCUT2D eigenvalue weighted by Gasteiger charge is 2.33. The average molecular weight is 463 g/mol. The van der Waals surface area contributed by atoms with Gasteiger partial charge in [0.05, 0.1) is 11.4 Å². The maximum atomic E-state index is 13.6. The highest BCUT2D eigenvalue weighted by molar-refractivity contribution is 5.96. The molecule has 0 saturated carbocycles. The van der Waals surface area contributed by atoms with E-state index in [1.54, 1.807) is 0 Å². The number of anilines is 2. The molecule has 4 heterocycles. The van der Waals surface area contributed by atoms with Crippen molar-refractivity contribution in [3.05, 3.63) is 53.9 Å². The number of likely N-dealkylation sites (N-methyl/N-ethyl adjacent to an activating group) is 1. The first kappa shape index (κ1) is 23.3.